The number of carbonyl (C=O) groups excluding carboxylic acids is 1. The predicted octanol–water partition coefficient (Wildman–Crippen LogP) is 2.44. The second kappa shape index (κ2) is 4.87. The van der Waals surface area contributed by atoms with Gasteiger partial charge in [-0.25, -0.2) is 0 Å². The molecule has 0 atom stereocenters. The van der Waals surface area contributed by atoms with Gasteiger partial charge in [-0.3, -0.25) is 14.9 Å². The fraction of sp³-hybridized carbons (Fsp3) is 0.462. The molecule has 3 N–H and O–H groups in total. The van der Waals surface area contributed by atoms with Crippen LogP contribution in [0.4, 0.5) is 11.4 Å². The summed E-state index contributed by atoms with van der Waals surface area (Å²) in [6.45, 7) is 2.05. The lowest BCUT2D eigenvalue weighted by Gasteiger charge is -2.42. The standard InChI is InChI=1S/C13H17N3O3/c1-2-13(6-3-7-13)15-10-8-9(12(14)17)4-5-11(10)16(18)19/h4-5,8,15H,2-3,6-7H2,1H3,(H2,14,17). The van der Waals surface area contributed by atoms with Gasteiger partial charge >= 0.3 is 0 Å². The minimum Gasteiger partial charge on any atom is -0.374 e. The number of benzene rings is 1. The average Bonchev–Trinajstić information content (AvgIpc) is 2.33. The van der Waals surface area contributed by atoms with Gasteiger partial charge in [0.2, 0.25) is 5.91 Å². The first-order valence-corrected chi connectivity index (χ1v) is 6.34. The van der Waals surface area contributed by atoms with Crippen LogP contribution in [0.2, 0.25) is 0 Å². The molecular formula is C13H17N3O3. The highest BCUT2D eigenvalue weighted by Gasteiger charge is 2.36. The number of nitrogens with two attached hydrogens (primary N) is 1. The maximum atomic E-state index is 11.2. The molecule has 0 spiro atoms. The van der Waals surface area contributed by atoms with Gasteiger partial charge in [-0.2, -0.15) is 0 Å². The number of rotatable bonds is 5. The first-order chi connectivity index (χ1) is 8.97. The number of primary amides is 1. The van der Waals surface area contributed by atoms with Crippen molar-refractivity contribution < 1.29 is 9.72 Å². The topological polar surface area (TPSA) is 98.3 Å². The molecule has 0 radical (unpaired) electrons. The largest absolute Gasteiger partial charge is 0.374 e. The van der Waals surface area contributed by atoms with Crippen LogP contribution in [0.15, 0.2) is 18.2 Å². The fourth-order valence-corrected chi connectivity index (χ4v) is 2.40. The van der Waals surface area contributed by atoms with E-state index in [-0.39, 0.29) is 16.8 Å². The molecule has 6 heteroatoms. The summed E-state index contributed by atoms with van der Waals surface area (Å²) in [5.74, 6) is -0.586. The normalized spacial score (nSPS) is 16.5. The molecule has 1 aliphatic carbocycles. The Balaban J connectivity index is 2.37. The number of hydrogen-bond donors (Lipinski definition) is 2. The number of carbonyl (C=O) groups is 1. The van der Waals surface area contributed by atoms with E-state index in [2.05, 4.69) is 12.2 Å². The van der Waals surface area contributed by atoms with E-state index in [1.807, 2.05) is 0 Å². The van der Waals surface area contributed by atoms with Crippen molar-refractivity contribution in [1.29, 1.82) is 0 Å². The van der Waals surface area contributed by atoms with E-state index in [9.17, 15) is 14.9 Å². The highest BCUT2D eigenvalue weighted by Crippen LogP contribution is 2.40. The Labute approximate surface area is 111 Å². The van der Waals surface area contributed by atoms with Crippen molar-refractivity contribution in [3.05, 3.63) is 33.9 Å². The molecule has 0 aromatic heterocycles. The lowest BCUT2D eigenvalue weighted by atomic mass is 9.74. The highest BCUT2D eigenvalue weighted by molar-refractivity contribution is 5.94. The van der Waals surface area contributed by atoms with Gasteiger partial charge in [0, 0.05) is 17.2 Å². The van der Waals surface area contributed by atoms with Gasteiger partial charge in [0.15, 0.2) is 0 Å². The maximum absolute atomic E-state index is 11.2. The summed E-state index contributed by atoms with van der Waals surface area (Å²) in [5, 5.41) is 14.3. The Hall–Kier alpha value is -2.11. The number of nitro benzene ring substituents is 1. The molecule has 0 heterocycles. The van der Waals surface area contributed by atoms with Crippen molar-refractivity contribution in [3.63, 3.8) is 0 Å². The smallest absolute Gasteiger partial charge is 0.292 e. The van der Waals surface area contributed by atoms with Gasteiger partial charge in [-0.15, -0.1) is 0 Å². The van der Waals surface area contributed by atoms with Gasteiger partial charge in [0.25, 0.3) is 5.69 Å². The van der Waals surface area contributed by atoms with Crippen molar-refractivity contribution >= 4 is 17.3 Å². The summed E-state index contributed by atoms with van der Waals surface area (Å²) < 4.78 is 0. The van der Waals surface area contributed by atoms with E-state index in [1.165, 1.54) is 18.2 Å². The second-order valence-electron chi connectivity index (χ2n) is 4.97. The third-order valence-electron chi connectivity index (χ3n) is 3.87. The van der Waals surface area contributed by atoms with Crippen LogP contribution >= 0.6 is 0 Å². The summed E-state index contributed by atoms with van der Waals surface area (Å²) in [7, 11) is 0. The van der Waals surface area contributed by atoms with Crippen LogP contribution in [0.5, 0.6) is 0 Å². The lowest BCUT2D eigenvalue weighted by molar-refractivity contribution is -0.384. The number of hydrogen-bond acceptors (Lipinski definition) is 4. The maximum Gasteiger partial charge on any atom is 0.292 e. The number of nitro groups is 1. The first kappa shape index (κ1) is 13.3. The fourth-order valence-electron chi connectivity index (χ4n) is 2.40. The Morgan fingerprint density at radius 1 is 1.53 bits per heavy atom. The molecule has 0 bridgehead atoms. The average molecular weight is 263 g/mol. The van der Waals surface area contributed by atoms with E-state index in [0.29, 0.717) is 5.69 Å². The molecule has 6 nitrogen and oxygen atoms in total. The second-order valence-corrected chi connectivity index (χ2v) is 4.97. The molecule has 1 amide bonds. The number of amides is 1. The van der Waals surface area contributed by atoms with Crippen LogP contribution in [0, 0.1) is 10.1 Å². The van der Waals surface area contributed by atoms with E-state index in [4.69, 9.17) is 5.73 Å². The first-order valence-electron chi connectivity index (χ1n) is 6.34. The number of nitrogens with zero attached hydrogens (tertiary/aromatic N) is 1. The third-order valence-corrected chi connectivity index (χ3v) is 3.87. The predicted molar refractivity (Wildman–Crippen MR) is 72.1 cm³/mol. The van der Waals surface area contributed by atoms with Crippen LogP contribution < -0.4 is 11.1 Å². The molecule has 0 unspecified atom stereocenters. The monoisotopic (exact) mass is 263 g/mol. The van der Waals surface area contributed by atoms with Gasteiger partial charge in [0.05, 0.1) is 4.92 Å². The quantitative estimate of drug-likeness (QED) is 0.629. The van der Waals surface area contributed by atoms with Crippen molar-refractivity contribution in [3.8, 4) is 0 Å². The number of anilines is 1. The summed E-state index contributed by atoms with van der Waals surface area (Å²) in [6.07, 6.45) is 3.98. The van der Waals surface area contributed by atoms with Gasteiger partial charge in [-0.05, 0) is 37.8 Å². The minimum absolute atomic E-state index is 0.0234. The van der Waals surface area contributed by atoms with Crippen molar-refractivity contribution in [2.45, 2.75) is 38.1 Å². The Kier molecular flexibility index (Phi) is 3.42. The zero-order valence-electron chi connectivity index (χ0n) is 10.8. The molecule has 1 fully saturated rings. The van der Waals surface area contributed by atoms with Crippen molar-refractivity contribution in [1.82, 2.24) is 0 Å². The Morgan fingerprint density at radius 3 is 2.63 bits per heavy atom. The van der Waals surface area contributed by atoms with E-state index in [0.717, 1.165) is 25.7 Å². The third kappa shape index (κ3) is 2.52. The molecule has 0 aliphatic heterocycles. The highest BCUT2D eigenvalue weighted by atomic mass is 16.6. The molecule has 1 aliphatic rings. The summed E-state index contributed by atoms with van der Waals surface area (Å²) in [4.78, 5) is 21.8. The summed E-state index contributed by atoms with van der Waals surface area (Å²) in [6, 6.07) is 4.17. The molecule has 1 saturated carbocycles. The van der Waals surface area contributed by atoms with E-state index in [1.54, 1.807) is 0 Å². The Morgan fingerprint density at radius 2 is 2.21 bits per heavy atom. The van der Waals surface area contributed by atoms with Crippen LogP contribution in [0.1, 0.15) is 43.0 Å². The lowest BCUT2D eigenvalue weighted by Crippen LogP contribution is -2.44. The van der Waals surface area contributed by atoms with Crippen LogP contribution in [-0.2, 0) is 0 Å². The van der Waals surface area contributed by atoms with Gasteiger partial charge in [0.1, 0.15) is 5.69 Å². The van der Waals surface area contributed by atoms with Crippen molar-refractivity contribution in [2.24, 2.45) is 5.73 Å². The molecular weight excluding hydrogens is 246 g/mol. The SMILES string of the molecule is CCC1(Nc2cc(C(N)=O)ccc2[N+](=O)[O-])CCC1. The van der Waals surface area contributed by atoms with Crippen LogP contribution in [0.3, 0.4) is 0 Å². The van der Waals surface area contributed by atoms with Gasteiger partial charge in [-0.1, -0.05) is 6.92 Å². The molecule has 19 heavy (non-hydrogen) atoms. The summed E-state index contributed by atoms with van der Waals surface area (Å²) >= 11 is 0. The van der Waals surface area contributed by atoms with Crippen LogP contribution in [-0.4, -0.2) is 16.4 Å². The molecule has 2 rings (SSSR count). The van der Waals surface area contributed by atoms with Gasteiger partial charge < -0.3 is 11.1 Å². The summed E-state index contributed by atoms with van der Waals surface area (Å²) in [5.41, 5.74) is 5.76. The van der Waals surface area contributed by atoms with Crippen LogP contribution in [0.25, 0.3) is 0 Å². The van der Waals surface area contributed by atoms with E-state index >= 15 is 0 Å². The van der Waals surface area contributed by atoms with E-state index < -0.39 is 10.8 Å². The van der Waals surface area contributed by atoms with Crippen molar-refractivity contribution in [2.75, 3.05) is 5.32 Å². The molecule has 1 aromatic carbocycles. The molecule has 102 valence electrons. The zero-order valence-corrected chi connectivity index (χ0v) is 10.8. The minimum atomic E-state index is -0.586. The molecule has 0 saturated heterocycles. The Bertz CT molecular complexity index is 518. The zero-order chi connectivity index (χ0) is 14.0. The number of nitrogens with one attached hydrogen (secondary N) is 1. The molecule has 1 aromatic rings.